The molecule has 2 aliphatic carbocycles. The second-order valence-electron chi connectivity index (χ2n) is 6.29. The van der Waals surface area contributed by atoms with Crippen LogP contribution in [0.25, 0.3) is 0 Å². The minimum atomic E-state index is 0.496. The first-order chi connectivity index (χ1) is 9.30. The van der Waals surface area contributed by atoms with Gasteiger partial charge >= 0.3 is 0 Å². The van der Waals surface area contributed by atoms with E-state index in [2.05, 4.69) is 36.6 Å². The lowest BCUT2D eigenvalue weighted by Gasteiger charge is -2.27. The molecule has 0 aliphatic heterocycles. The second kappa shape index (κ2) is 5.54. The smallest absolute Gasteiger partial charge is 0.118 e. The van der Waals surface area contributed by atoms with E-state index in [9.17, 15) is 0 Å². The summed E-state index contributed by atoms with van der Waals surface area (Å²) < 4.78 is 5.24. The molecule has 0 saturated heterocycles. The molecule has 0 spiro atoms. The number of rotatable bonds is 5. The van der Waals surface area contributed by atoms with E-state index < -0.39 is 0 Å². The zero-order valence-corrected chi connectivity index (χ0v) is 12.1. The summed E-state index contributed by atoms with van der Waals surface area (Å²) in [6.45, 7) is 0. The molecule has 2 heteroatoms. The number of fused-ring (bicyclic) bond motifs is 2. The van der Waals surface area contributed by atoms with Gasteiger partial charge in [0.05, 0.1) is 7.11 Å². The summed E-state index contributed by atoms with van der Waals surface area (Å²) >= 11 is 0. The lowest BCUT2D eigenvalue weighted by atomic mass is 9.83. The first-order valence-electron chi connectivity index (χ1n) is 7.61. The minimum absolute atomic E-state index is 0.496. The number of methoxy groups -OCH3 is 1. The molecule has 2 fully saturated rings. The molecule has 1 aromatic rings. The third kappa shape index (κ3) is 2.64. The maximum absolute atomic E-state index is 5.24. The van der Waals surface area contributed by atoms with Gasteiger partial charge in [0, 0.05) is 6.04 Å². The first kappa shape index (κ1) is 13.0. The van der Waals surface area contributed by atoms with Crippen molar-refractivity contribution in [3.05, 3.63) is 29.8 Å². The van der Waals surface area contributed by atoms with E-state index in [-0.39, 0.29) is 0 Å². The zero-order valence-electron chi connectivity index (χ0n) is 12.1. The number of nitrogens with one attached hydrogen (secondary N) is 1. The molecule has 4 atom stereocenters. The van der Waals surface area contributed by atoms with Gasteiger partial charge in [0.15, 0.2) is 0 Å². The Morgan fingerprint density at radius 2 is 2.00 bits per heavy atom. The van der Waals surface area contributed by atoms with E-state index >= 15 is 0 Å². The fraction of sp³-hybridized carbons (Fsp3) is 0.647. The highest BCUT2D eigenvalue weighted by molar-refractivity contribution is 5.29. The van der Waals surface area contributed by atoms with Crippen molar-refractivity contribution in [2.45, 2.75) is 38.1 Å². The molecule has 19 heavy (non-hydrogen) atoms. The van der Waals surface area contributed by atoms with Crippen molar-refractivity contribution in [1.82, 2.24) is 5.32 Å². The monoisotopic (exact) mass is 259 g/mol. The van der Waals surface area contributed by atoms with Gasteiger partial charge in [-0.3, -0.25) is 0 Å². The van der Waals surface area contributed by atoms with Gasteiger partial charge < -0.3 is 10.1 Å². The molecule has 0 radical (unpaired) electrons. The van der Waals surface area contributed by atoms with Crippen molar-refractivity contribution >= 4 is 0 Å². The zero-order chi connectivity index (χ0) is 13.2. The molecule has 1 aromatic carbocycles. The van der Waals surface area contributed by atoms with Gasteiger partial charge in [-0.25, -0.2) is 0 Å². The summed E-state index contributed by atoms with van der Waals surface area (Å²) in [6.07, 6.45) is 7.25. The standard InChI is InChI=1S/C17H25NO/c1-18-17(13-5-7-16(19-2)8-6-13)11-15-10-12-3-4-14(15)9-12/h5-8,12,14-15,17-18H,3-4,9-11H2,1-2H3. The van der Waals surface area contributed by atoms with Crippen LogP contribution in [0.3, 0.4) is 0 Å². The van der Waals surface area contributed by atoms with E-state index in [0.717, 1.165) is 23.5 Å². The van der Waals surface area contributed by atoms with Crippen molar-refractivity contribution in [3.63, 3.8) is 0 Å². The van der Waals surface area contributed by atoms with E-state index in [0.29, 0.717) is 6.04 Å². The van der Waals surface area contributed by atoms with Crippen molar-refractivity contribution in [1.29, 1.82) is 0 Å². The summed E-state index contributed by atoms with van der Waals surface area (Å²) in [5, 5.41) is 3.50. The van der Waals surface area contributed by atoms with Gasteiger partial charge in [0.2, 0.25) is 0 Å². The number of hydrogen-bond acceptors (Lipinski definition) is 2. The topological polar surface area (TPSA) is 21.3 Å². The lowest BCUT2D eigenvalue weighted by Crippen LogP contribution is -2.22. The van der Waals surface area contributed by atoms with Crippen LogP contribution in [0, 0.1) is 17.8 Å². The summed E-state index contributed by atoms with van der Waals surface area (Å²) in [4.78, 5) is 0. The van der Waals surface area contributed by atoms with Gasteiger partial charge in [-0.2, -0.15) is 0 Å². The molecule has 0 aromatic heterocycles. The molecule has 0 heterocycles. The largest absolute Gasteiger partial charge is 0.497 e. The minimum Gasteiger partial charge on any atom is -0.497 e. The van der Waals surface area contributed by atoms with Crippen LogP contribution in [-0.2, 0) is 0 Å². The molecule has 2 nitrogen and oxygen atoms in total. The van der Waals surface area contributed by atoms with Crippen molar-refractivity contribution < 1.29 is 4.74 Å². The van der Waals surface area contributed by atoms with E-state index in [1.54, 1.807) is 7.11 Å². The van der Waals surface area contributed by atoms with Crippen molar-refractivity contribution in [2.24, 2.45) is 17.8 Å². The van der Waals surface area contributed by atoms with Crippen LogP contribution in [0.2, 0.25) is 0 Å². The summed E-state index contributed by atoms with van der Waals surface area (Å²) in [7, 11) is 3.81. The fourth-order valence-electron chi connectivity index (χ4n) is 4.22. The Labute approximate surface area is 116 Å². The maximum Gasteiger partial charge on any atom is 0.118 e. The average molecular weight is 259 g/mol. The SMILES string of the molecule is CNC(CC1CC2CCC1C2)c1ccc(OC)cc1. The van der Waals surface area contributed by atoms with Gasteiger partial charge in [-0.1, -0.05) is 18.6 Å². The third-order valence-electron chi connectivity index (χ3n) is 5.29. The number of hydrogen-bond donors (Lipinski definition) is 1. The van der Waals surface area contributed by atoms with Gasteiger partial charge in [0.1, 0.15) is 5.75 Å². The lowest BCUT2D eigenvalue weighted by molar-refractivity contribution is 0.284. The Bertz CT molecular complexity index is 414. The van der Waals surface area contributed by atoms with Crippen LogP contribution < -0.4 is 10.1 Å². The van der Waals surface area contributed by atoms with Gasteiger partial charge in [-0.15, -0.1) is 0 Å². The van der Waals surface area contributed by atoms with E-state index in [4.69, 9.17) is 4.74 Å². The van der Waals surface area contributed by atoms with Crippen LogP contribution in [0.15, 0.2) is 24.3 Å². The molecule has 104 valence electrons. The highest BCUT2D eigenvalue weighted by atomic mass is 16.5. The van der Waals surface area contributed by atoms with Crippen LogP contribution in [-0.4, -0.2) is 14.2 Å². The highest BCUT2D eigenvalue weighted by Gasteiger charge is 2.40. The predicted molar refractivity (Wildman–Crippen MR) is 78.3 cm³/mol. The molecule has 1 N–H and O–H groups in total. The van der Waals surface area contributed by atoms with Crippen LogP contribution >= 0.6 is 0 Å². The van der Waals surface area contributed by atoms with Gasteiger partial charge in [-0.05, 0) is 68.2 Å². The van der Waals surface area contributed by atoms with Gasteiger partial charge in [0.25, 0.3) is 0 Å². The van der Waals surface area contributed by atoms with Crippen molar-refractivity contribution in [2.75, 3.05) is 14.2 Å². The third-order valence-corrected chi connectivity index (χ3v) is 5.29. The molecule has 2 saturated carbocycles. The average Bonchev–Trinajstić information content (AvgIpc) is 3.07. The Morgan fingerprint density at radius 3 is 2.53 bits per heavy atom. The number of ether oxygens (including phenoxy) is 1. The Kier molecular flexibility index (Phi) is 3.79. The normalized spacial score (nSPS) is 30.5. The molecule has 0 amide bonds. The summed E-state index contributed by atoms with van der Waals surface area (Å²) in [5.41, 5.74) is 1.39. The highest BCUT2D eigenvalue weighted by Crippen LogP contribution is 2.50. The molecule has 4 unspecified atom stereocenters. The quantitative estimate of drug-likeness (QED) is 0.869. The second-order valence-corrected chi connectivity index (χ2v) is 6.29. The van der Waals surface area contributed by atoms with Crippen LogP contribution in [0.5, 0.6) is 5.75 Å². The van der Waals surface area contributed by atoms with E-state index in [1.807, 2.05) is 0 Å². The summed E-state index contributed by atoms with van der Waals surface area (Å²) in [6, 6.07) is 9.04. The Morgan fingerprint density at radius 1 is 1.21 bits per heavy atom. The predicted octanol–water partition coefficient (Wildman–Crippen LogP) is 3.78. The molecule has 2 bridgehead atoms. The molecule has 3 rings (SSSR count). The molecular weight excluding hydrogens is 234 g/mol. The maximum atomic E-state index is 5.24. The Balaban J connectivity index is 1.66. The van der Waals surface area contributed by atoms with Crippen LogP contribution in [0.4, 0.5) is 0 Å². The molecule has 2 aliphatic rings. The summed E-state index contributed by atoms with van der Waals surface area (Å²) in [5.74, 6) is 3.94. The van der Waals surface area contributed by atoms with Crippen LogP contribution in [0.1, 0.15) is 43.7 Å². The Hall–Kier alpha value is -1.02. The first-order valence-corrected chi connectivity index (χ1v) is 7.61. The molecular formula is C17H25NO. The van der Waals surface area contributed by atoms with Crippen molar-refractivity contribution in [3.8, 4) is 5.75 Å². The number of benzene rings is 1. The fourth-order valence-corrected chi connectivity index (χ4v) is 4.22. The van der Waals surface area contributed by atoms with E-state index in [1.165, 1.54) is 37.7 Å².